The van der Waals surface area contributed by atoms with Gasteiger partial charge in [-0.25, -0.2) is 14.8 Å². The van der Waals surface area contributed by atoms with Crippen molar-refractivity contribution in [2.24, 2.45) is 17.2 Å². The van der Waals surface area contributed by atoms with Crippen molar-refractivity contribution in [2.45, 2.75) is 82.2 Å². The number of carbonyl (C=O) groups is 6. The molecule has 0 saturated carbocycles. The van der Waals surface area contributed by atoms with Crippen LogP contribution >= 0.6 is 0 Å². The highest BCUT2D eigenvalue weighted by Crippen LogP contribution is 2.20. The van der Waals surface area contributed by atoms with Crippen molar-refractivity contribution in [3.05, 3.63) is 126 Å². The highest BCUT2D eigenvalue weighted by atomic mass is 16.2. The van der Waals surface area contributed by atoms with E-state index in [9.17, 15) is 28.8 Å². The highest BCUT2D eigenvalue weighted by molar-refractivity contribution is 5.96. The lowest BCUT2D eigenvalue weighted by Gasteiger charge is -2.28. The monoisotopic (exact) mass is 834 g/mol. The average molecular weight is 835 g/mol. The number of carbonyl (C=O) groups excluding carboxylic acids is 6. The second kappa shape index (κ2) is 22.4. The Morgan fingerprint density at radius 2 is 1.33 bits per heavy atom. The number of amides is 7. The standard InChI is InChI=1S/C43H54N12O6/c1-27(50-43(61)55(25-29-14-6-3-7-15-29)54-40(58)33(45)22-31-24-47-26-49-31)39(57)52-37(21-30-23-48-34-17-9-8-16-32(30)34)42(60)53-36(20-28-12-4-2-5-13-28)41(59)51-35(38(46)56)18-10-11-19-44/h2-9,12-17,23-24,26-27,33,35-37,48H,10-11,18-22,25,44-45H2,1H3,(H2,46,56)(H,47,49)(H,50,61)(H,51,59)(H,52,57)(H,53,60)(H,54,58)/t27-,33?,35-,36+,37-/m0/s1. The van der Waals surface area contributed by atoms with Gasteiger partial charge < -0.3 is 48.4 Å². The van der Waals surface area contributed by atoms with Gasteiger partial charge in [0.1, 0.15) is 24.2 Å². The quantitative estimate of drug-likeness (QED) is 0.0372. The third-order valence-corrected chi connectivity index (χ3v) is 9.99. The molecule has 0 spiro atoms. The van der Waals surface area contributed by atoms with Crippen LogP contribution in [0.25, 0.3) is 10.9 Å². The summed E-state index contributed by atoms with van der Waals surface area (Å²) in [5, 5.41) is 12.7. The number of nitrogens with zero attached hydrogens (tertiary/aromatic N) is 2. The number of rotatable bonds is 21. The number of nitrogens with two attached hydrogens (primary N) is 3. The molecule has 18 nitrogen and oxygen atoms in total. The van der Waals surface area contributed by atoms with Crippen LogP contribution in [0.15, 0.2) is 104 Å². The van der Waals surface area contributed by atoms with Gasteiger partial charge in [0.05, 0.1) is 18.9 Å². The molecule has 0 aliphatic rings. The van der Waals surface area contributed by atoms with E-state index in [1.807, 2.05) is 30.3 Å². The Bertz CT molecular complexity index is 2220. The molecule has 13 N–H and O–H groups in total. The molecular weight excluding hydrogens is 781 g/mol. The normalized spacial score (nSPS) is 13.5. The molecule has 5 rings (SSSR count). The topological polar surface area (TPSA) is 288 Å². The first-order valence-corrected chi connectivity index (χ1v) is 20.1. The zero-order valence-corrected chi connectivity index (χ0v) is 33.9. The summed E-state index contributed by atoms with van der Waals surface area (Å²) in [6.07, 6.45) is 6.34. The van der Waals surface area contributed by atoms with Crippen molar-refractivity contribution < 1.29 is 28.8 Å². The van der Waals surface area contributed by atoms with Gasteiger partial charge in [-0.15, -0.1) is 0 Å². The van der Waals surface area contributed by atoms with Crippen molar-refractivity contribution in [1.82, 2.24) is 46.7 Å². The molecule has 5 aromatic rings. The van der Waals surface area contributed by atoms with E-state index in [1.54, 1.807) is 60.8 Å². The highest BCUT2D eigenvalue weighted by Gasteiger charge is 2.32. The molecular formula is C43H54N12O6. The number of imidazole rings is 1. The summed E-state index contributed by atoms with van der Waals surface area (Å²) in [6.45, 7) is 1.77. The van der Waals surface area contributed by atoms with E-state index in [-0.39, 0.29) is 32.2 Å². The van der Waals surface area contributed by atoms with Crippen LogP contribution in [0.3, 0.4) is 0 Å². The van der Waals surface area contributed by atoms with E-state index >= 15 is 0 Å². The Kier molecular flexibility index (Phi) is 16.5. The predicted molar refractivity (Wildman–Crippen MR) is 228 cm³/mol. The van der Waals surface area contributed by atoms with Crippen molar-refractivity contribution in [1.29, 1.82) is 0 Å². The third-order valence-electron chi connectivity index (χ3n) is 9.99. The molecule has 61 heavy (non-hydrogen) atoms. The van der Waals surface area contributed by atoms with Crippen LogP contribution in [-0.4, -0.2) is 92.3 Å². The van der Waals surface area contributed by atoms with Gasteiger partial charge in [0.15, 0.2) is 0 Å². The van der Waals surface area contributed by atoms with Crippen LogP contribution in [0.4, 0.5) is 4.79 Å². The van der Waals surface area contributed by atoms with Crippen molar-refractivity contribution in [2.75, 3.05) is 6.54 Å². The molecule has 7 amide bonds. The smallest absolute Gasteiger partial charge is 0.337 e. The third kappa shape index (κ3) is 13.5. The number of aromatic amines is 2. The summed E-state index contributed by atoms with van der Waals surface area (Å²) in [4.78, 5) is 91.4. The van der Waals surface area contributed by atoms with Gasteiger partial charge in [-0.2, -0.15) is 0 Å². The molecule has 0 bridgehead atoms. The fourth-order valence-electron chi connectivity index (χ4n) is 6.61. The lowest BCUT2D eigenvalue weighted by Crippen LogP contribution is -2.60. The summed E-state index contributed by atoms with van der Waals surface area (Å²) >= 11 is 0. The molecule has 0 radical (unpaired) electrons. The molecule has 2 aromatic heterocycles. The van der Waals surface area contributed by atoms with Crippen molar-refractivity contribution in [3.8, 4) is 0 Å². The van der Waals surface area contributed by atoms with Crippen molar-refractivity contribution >= 4 is 46.5 Å². The number of hydrogen-bond donors (Lipinski definition) is 10. The molecule has 3 aromatic carbocycles. The number of H-pyrrole nitrogens is 2. The lowest BCUT2D eigenvalue weighted by atomic mass is 10.0. The van der Waals surface area contributed by atoms with Gasteiger partial charge in [-0.3, -0.25) is 29.4 Å². The maximum absolute atomic E-state index is 14.3. The van der Waals surface area contributed by atoms with E-state index in [2.05, 4.69) is 41.6 Å². The fraction of sp³-hybridized carbons (Fsp3) is 0.326. The molecule has 0 aliphatic heterocycles. The van der Waals surface area contributed by atoms with Crippen LogP contribution in [-0.2, 0) is 49.8 Å². The summed E-state index contributed by atoms with van der Waals surface area (Å²) in [5.41, 5.74) is 23.5. The van der Waals surface area contributed by atoms with Gasteiger partial charge in [0.2, 0.25) is 23.6 Å². The summed E-state index contributed by atoms with van der Waals surface area (Å²) in [6, 6.07) is 18.8. The van der Waals surface area contributed by atoms with E-state index in [4.69, 9.17) is 17.2 Å². The number of primary amides is 1. The van der Waals surface area contributed by atoms with Gasteiger partial charge in [-0.1, -0.05) is 78.9 Å². The second-order valence-electron chi connectivity index (χ2n) is 14.7. The zero-order chi connectivity index (χ0) is 43.7. The number of para-hydroxylation sites is 1. The first kappa shape index (κ1) is 45.0. The van der Waals surface area contributed by atoms with Gasteiger partial charge in [-0.05, 0) is 55.5 Å². The average Bonchev–Trinajstić information content (AvgIpc) is 3.93. The Morgan fingerprint density at radius 3 is 1.98 bits per heavy atom. The Balaban J connectivity index is 1.35. The summed E-state index contributed by atoms with van der Waals surface area (Å²) < 4.78 is 0. The molecule has 18 heteroatoms. The first-order chi connectivity index (χ1) is 29.4. The van der Waals surface area contributed by atoms with Crippen LogP contribution in [0.2, 0.25) is 0 Å². The van der Waals surface area contributed by atoms with E-state index in [0.717, 1.165) is 21.5 Å². The van der Waals surface area contributed by atoms with E-state index in [0.29, 0.717) is 36.2 Å². The maximum Gasteiger partial charge on any atom is 0.337 e. The van der Waals surface area contributed by atoms with Crippen LogP contribution in [0.5, 0.6) is 0 Å². The van der Waals surface area contributed by atoms with Gasteiger partial charge in [0.25, 0.3) is 5.91 Å². The molecule has 322 valence electrons. The van der Waals surface area contributed by atoms with Crippen LogP contribution < -0.4 is 43.9 Å². The molecule has 2 heterocycles. The minimum atomic E-state index is -1.26. The molecule has 0 saturated heterocycles. The van der Waals surface area contributed by atoms with E-state index in [1.165, 1.54) is 19.4 Å². The zero-order valence-electron chi connectivity index (χ0n) is 33.9. The predicted octanol–water partition coefficient (Wildman–Crippen LogP) is 0.946. The SMILES string of the molecule is C[C@H](NC(=O)N(Cc1ccccc1)NC(=O)C(N)Cc1cnc[nH]1)C(=O)N[C@@H](Cc1c[nH]c2ccccc12)C(=O)N[C@H](Cc1ccccc1)C(=O)N[C@@H](CCCCN)C(N)=O. The Hall–Kier alpha value is -7.05. The molecule has 0 fully saturated rings. The Labute approximate surface area is 353 Å². The molecule has 5 atom stereocenters. The van der Waals surface area contributed by atoms with Crippen molar-refractivity contribution in [3.63, 3.8) is 0 Å². The number of aromatic nitrogens is 3. The first-order valence-electron chi connectivity index (χ1n) is 20.1. The summed E-state index contributed by atoms with van der Waals surface area (Å²) in [7, 11) is 0. The number of hydrogen-bond acceptors (Lipinski definition) is 9. The van der Waals surface area contributed by atoms with Crippen LogP contribution in [0, 0.1) is 0 Å². The van der Waals surface area contributed by atoms with Gasteiger partial charge >= 0.3 is 6.03 Å². The number of nitrogens with one attached hydrogen (secondary N) is 7. The van der Waals surface area contributed by atoms with Gasteiger partial charge in [0, 0.05) is 48.3 Å². The molecule has 1 unspecified atom stereocenters. The largest absolute Gasteiger partial charge is 0.368 e. The number of fused-ring (bicyclic) bond motifs is 1. The minimum absolute atomic E-state index is 0.00462. The number of hydrazine groups is 1. The Morgan fingerprint density at radius 1 is 0.705 bits per heavy atom. The summed E-state index contributed by atoms with van der Waals surface area (Å²) in [5.74, 6) is -3.45. The maximum atomic E-state index is 14.3. The lowest BCUT2D eigenvalue weighted by molar-refractivity contribution is -0.133. The minimum Gasteiger partial charge on any atom is -0.368 e. The molecule has 0 aliphatic carbocycles. The fourth-order valence-corrected chi connectivity index (χ4v) is 6.61. The number of benzene rings is 3. The second-order valence-corrected chi connectivity index (χ2v) is 14.7. The van der Waals surface area contributed by atoms with Crippen LogP contribution in [0.1, 0.15) is 48.6 Å². The van der Waals surface area contributed by atoms with E-state index < -0.39 is 65.8 Å². The number of unbranched alkanes of at least 4 members (excludes halogenated alkanes) is 1. The number of urea groups is 1.